The summed E-state index contributed by atoms with van der Waals surface area (Å²) in [7, 11) is 0. The van der Waals surface area contributed by atoms with E-state index in [0.717, 1.165) is 0 Å². The zero-order valence-electron chi connectivity index (χ0n) is 15.3. The predicted molar refractivity (Wildman–Crippen MR) is 98.8 cm³/mol. The second-order valence-electron chi connectivity index (χ2n) is 6.55. The van der Waals surface area contributed by atoms with E-state index in [1.54, 1.807) is 13.8 Å². The molecular formula is C18H21N5O4. The maximum Gasteiger partial charge on any atom is 0.332 e. The van der Waals surface area contributed by atoms with Crippen molar-refractivity contribution in [1.29, 1.82) is 5.26 Å². The molecule has 0 aromatic heterocycles. The predicted octanol–water partition coefficient (Wildman–Crippen LogP) is 1.61. The molecule has 0 unspecified atom stereocenters. The SMILES string of the molecule is CC(=O)c1ccc(NC(=O)/C(=N/NC(N)=O)[C@H](C#N)CC(C)(C)C=O)cc1. The van der Waals surface area contributed by atoms with Gasteiger partial charge in [0.2, 0.25) is 0 Å². The first-order valence-electron chi connectivity index (χ1n) is 8.01. The summed E-state index contributed by atoms with van der Waals surface area (Å²) in [5.41, 5.74) is 6.58. The molecule has 0 radical (unpaired) electrons. The topological polar surface area (TPSA) is 155 Å². The van der Waals surface area contributed by atoms with Crippen LogP contribution in [0, 0.1) is 22.7 Å². The van der Waals surface area contributed by atoms with E-state index in [0.29, 0.717) is 17.5 Å². The number of nitrogens with two attached hydrogens (primary N) is 1. The van der Waals surface area contributed by atoms with Gasteiger partial charge in [-0.3, -0.25) is 9.59 Å². The largest absolute Gasteiger partial charge is 0.350 e. The minimum absolute atomic E-state index is 0.0168. The fourth-order valence-corrected chi connectivity index (χ4v) is 2.16. The van der Waals surface area contributed by atoms with E-state index >= 15 is 0 Å². The molecule has 0 spiro atoms. The molecule has 9 nitrogen and oxygen atoms in total. The van der Waals surface area contributed by atoms with Gasteiger partial charge in [-0.05, 0) is 37.6 Å². The van der Waals surface area contributed by atoms with Gasteiger partial charge >= 0.3 is 6.03 Å². The molecule has 0 aliphatic rings. The fraction of sp³-hybridized carbons (Fsp3) is 0.333. The van der Waals surface area contributed by atoms with Crippen molar-refractivity contribution >= 4 is 35.4 Å². The van der Waals surface area contributed by atoms with Crippen LogP contribution in [-0.4, -0.2) is 29.7 Å². The minimum atomic E-state index is -1.06. The number of amides is 3. The minimum Gasteiger partial charge on any atom is -0.350 e. The maximum atomic E-state index is 12.6. The molecule has 0 heterocycles. The lowest BCUT2D eigenvalue weighted by molar-refractivity contribution is -0.115. The zero-order valence-corrected chi connectivity index (χ0v) is 15.3. The Kier molecular flexibility index (Phi) is 7.36. The van der Waals surface area contributed by atoms with Gasteiger partial charge in [0.1, 0.15) is 12.0 Å². The molecule has 1 aromatic rings. The highest BCUT2D eigenvalue weighted by atomic mass is 16.2. The second kappa shape index (κ2) is 9.24. The number of nitrogens with zero attached hydrogens (tertiary/aromatic N) is 2. The number of anilines is 1. The molecule has 0 aliphatic heterocycles. The Hall–Kier alpha value is -3.54. The van der Waals surface area contributed by atoms with E-state index < -0.39 is 23.3 Å². The maximum absolute atomic E-state index is 12.6. The van der Waals surface area contributed by atoms with Crippen molar-refractivity contribution in [2.45, 2.75) is 27.2 Å². The Labute approximate surface area is 156 Å². The van der Waals surface area contributed by atoms with Crippen LogP contribution in [0.25, 0.3) is 0 Å². The van der Waals surface area contributed by atoms with Crippen molar-refractivity contribution in [2.24, 2.45) is 22.2 Å². The van der Waals surface area contributed by atoms with Crippen LogP contribution in [0.5, 0.6) is 0 Å². The molecule has 1 aromatic carbocycles. The third kappa shape index (κ3) is 6.70. The van der Waals surface area contributed by atoms with Crippen LogP contribution in [0.1, 0.15) is 37.6 Å². The Morgan fingerprint density at radius 2 is 1.89 bits per heavy atom. The molecule has 1 rings (SSSR count). The molecular weight excluding hydrogens is 350 g/mol. The van der Waals surface area contributed by atoms with E-state index in [1.807, 2.05) is 11.5 Å². The van der Waals surface area contributed by atoms with Crippen molar-refractivity contribution < 1.29 is 19.2 Å². The average Bonchev–Trinajstić information content (AvgIpc) is 2.60. The highest BCUT2D eigenvalue weighted by Gasteiger charge is 2.30. The molecule has 1 atom stereocenters. The number of nitriles is 1. The van der Waals surface area contributed by atoms with Gasteiger partial charge < -0.3 is 15.8 Å². The molecule has 27 heavy (non-hydrogen) atoms. The highest BCUT2D eigenvalue weighted by Crippen LogP contribution is 2.24. The van der Waals surface area contributed by atoms with Crippen LogP contribution < -0.4 is 16.5 Å². The van der Waals surface area contributed by atoms with Crippen LogP contribution in [0.3, 0.4) is 0 Å². The van der Waals surface area contributed by atoms with Gasteiger partial charge in [0.15, 0.2) is 5.78 Å². The van der Waals surface area contributed by atoms with Gasteiger partial charge in [-0.25, -0.2) is 10.2 Å². The number of rotatable bonds is 8. The average molecular weight is 371 g/mol. The van der Waals surface area contributed by atoms with Crippen molar-refractivity contribution in [3.8, 4) is 6.07 Å². The third-order valence-corrected chi connectivity index (χ3v) is 3.60. The number of nitrogens with one attached hydrogen (secondary N) is 2. The summed E-state index contributed by atoms with van der Waals surface area (Å²) in [6.07, 6.45) is 0.692. The molecule has 4 N–H and O–H groups in total. The first-order chi connectivity index (χ1) is 12.6. The number of benzene rings is 1. The summed E-state index contributed by atoms with van der Waals surface area (Å²) >= 11 is 0. The zero-order chi connectivity index (χ0) is 20.6. The number of hydrogen-bond acceptors (Lipinski definition) is 6. The van der Waals surface area contributed by atoms with Gasteiger partial charge in [0.25, 0.3) is 5.91 Å². The number of ketones is 1. The van der Waals surface area contributed by atoms with Gasteiger partial charge in [-0.1, -0.05) is 13.8 Å². The van der Waals surface area contributed by atoms with Crippen molar-refractivity contribution in [2.75, 3.05) is 5.32 Å². The summed E-state index contributed by atoms with van der Waals surface area (Å²) in [4.78, 5) is 46.0. The molecule has 0 bridgehead atoms. The fourth-order valence-electron chi connectivity index (χ4n) is 2.16. The molecule has 0 fully saturated rings. The summed E-state index contributed by atoms with van der Waals surface area (Å²) in [6, 6.07) is 7.02. The quantitative estimate of drug-likeness (QED) is 0.274. The molecule has 9 heteroatoms. The van der Waals surface area contributed by atoms with Crippen LogP contribution in [-0.2, 0) is 9.59 Å². The Morgan fingerprint density at radius 3 is 2.33 bits per heavy atom. The van der Waals surface area contributed by atoms with Gasteiger partial charge in [-0.15, -0.1) is 0 Å². The monoisotopic (exact) mass is 371 g/mol. The smallest absolute Gasteiger partial charge is 0.332 e. The summed E-state index contributed by atoms with van der Waals surface area (Å²) in [5, 5.41) is 15.6. The second-order valence-corrected chi connectivity index (χ2v) is 6.55. The summed E-state index contributed by atoms with van der Waals surface area (Å²) in [6.45, 7) is 4.64. The van der Waals surface area contributed by atoms with E-state index in [1.165, 1.54) is 31.2 Å². The number of hydrogen-bond donors (Lipinski definition) is 3. The molecule has 0 aliphatic carbocycles. The molecule has 3 amide bonds. The third-order valence-electron chi connectivity index (χ3n) is 3.60. The highest BCUT2D eigenvalue weighted by molar-refractivity contribution is 6.44. The van der Waals surface area contributed by atoms with Crippen LogP contribution in [0.2, 0.25) is 0 Å². The Balaban J connectivity index is 3.11. The summed E-state index contributed by atoms with van der Waals surface area (Å²) < 4.78 is 0. The molecule has 0 saturated heterocycles. The normalized spacial score (nSPS) is 12.4. The van der Waals surface area contributed by atoms with Crippen molar-refractivity contribution in [3.63, 3.8) is 0 Å². The number of primary amides is 1. The molecule has 142 valence electrons. The Morgan fingerprint density at radius 1 is 1.30 bits per heavy atom. The van der Waals surface area contributed by atoms with Crippen molar-refractivity contribution in [3.05, 3.63) is 29.8 Å². The van der Waals surface area contributed by atoms with E-state index in [-0.39, 0.29) is 17.9 Å². The standard InChI is InChI=1S/C18H21N5O4/c1-11(25)12-4-6-14(7-5-12)21-16(26)15(22-23-17(20)27)13(9-19)8-18(2,3)10-24/h4-7,10,13H,8H2,1-3H3,(H,21,26)(H3,20,23,27)/b22-15+/t13-/m0/s1. The van der Waals surface area contributed by atoms with E-state index in [2.05, 4.69) is 10.4 Å². The number of urea groups is 1. The lowest BCUT2D eigenvalue weighted by Crippen LogP contribution is -2.36. The Bertz CT molecular complexity index is 806. The number of carbonyl (C=O) groups is 4. The van der Waals surface area contributed by atoms with Crippen molar-refractivity contribution in [1.82, 2.24) is 5.43 Å². The number of aldehydes is 1. The first kappa shape index (κ1) is 21.5. The van der Waals surface area contributed by atoms with E-state index in [9.17, 15) is 24.4 Å². The molecule has 0 saturated carbocycles. The van der Waals surface area contributed by atoms with E-state index in [4.69, 9.17) is 5.73 Å². The lowest BCUT2D eigenvalue weighted by Gasteiger charge is -2.21. The first-order valence-corrected chi connectivity index (χ1v) is 8.01. The number of hydrazone groups is 1. The van der Waals surface area contributed by atoms with Crippen LogP contribution in [0.15, 0.2) is 29.4 Å². The van der Waals surface area contributed by atoms with Gasteiger partial charge in [0, 0.05) is 16.7 Å². The van der Waals surface area contributed by atoms with Crippen LogP contribution >= 0.6 is 0 Å². The lowest BCUT2D eigenvalue weighted by atomic mass is 9.82. The van der Waals surface area contributed by atoms with Gasteiger partial charge in [-0.2, -0.15) is 10.4 Å². The number of carbonyl (C=O) groups excluding carboxylic acids is 4. The van der Waals surface area contributed by atoms with Gasteiger partial charge in [0.05, 0.1) is 12.0 Å². The van der Waals surface area contributed by atoms with Crippen LogP contribution in [0.4, 0.5) is 10.5 Å². The number of Topliss-reactive ketones (excluding diaryl/α,β-unsaturated/α-hetero) is 1. The summed E-state index contributed by atoms with van der Waals surface area (Å²) in [5.74, 6) is -1.93.